The van der Waals surface area contributed by atoms with E-state index in [0.717, 1.165) is 0 Å². The van der Waals surface area contributed by atoms with Crippen LogP contribution in [0.4, 0.5) is 0 Å². The molecular formula is C14H13BrN2O3S. The zero-order chi connectivity index (χ0) is 15.5. The molecule has 0 aliphatic carbocycles. The minimum Gasteiger partial charge on any atom is -0.368 e. The van der Waals surface area contributed by atoms with Crippen molar-refractivity contribution in [3.63, 3.8) is 0 Å². The highest BCUT2D eigenvalue weighted by atomic mass is 79.9. The number of hydrogen-bond acceptors (Lipinski definition) is 3. The first-order chi connectivity index (χ1) is 9.92. The zero-order valence-corrected chi connectivity index (χ0v) is 13.3. The van der Waals surface area contributed by atoms with Gasteiger partial charge in [0.25, 0.3) is 0 Å². The molecule has 0 aromatic heterocycles. The lowest BCUT2D eigenvalue weighted by molar-refractivity contribution is -0.119. The second-order valence-corrected chi connectivity index (χ2v) is 6.83. The molecule has 5 nitrogen and oxygen atoms in total. The Kier molecular flexibility index (Phi) is 4.76. The van der Waals surface area contributed by atoms with Crippen LogP contribution < -0.4 is 10.5 Å². The lowest BCUT2D eigenvalue weighted by atomic mass is 10.1. The molecule has 21 heavy (non-hydrogen) atoms. The number of carbonyl (C=O) groups excluding carboxylic acids is 1. The summed E-state index contributed by atoms with van der Waals surface area (Å²) in [7, 11) is -3.88. The molecule has 0 radical (unpaired) electrons. The minimum atomic E-state index is -3.88. The summed E-state index contributed by atoms with van der Waals surface area (Å²) in [5.74, 6) is -0.767. The van der Waals surface area contributed by atoms with E-state index < -0.39 is 22.0 Å². The molecule has 1 amide bonds. The van der Waals surface area contributed by atoms with Gasteiger partial charge in [-0.15, -0.1) is 0 Å². The smallest absolute Gasteiger partial charge is 0.242 e. The SMILES string of the molecule is NC(=O)[C@H](NS(=O)(=O)c1ccccc1Br)c1ccccc1. The van der Waals surface area contributed by atoms with Gasteiger partial charge >= 0.3 is 0 Å². The Bertz CT molecular complexity index is 748. The second kappa shape index (κ2) is 6.38. The van der Waals surface area contributed by atoms with Gasteiger partial charge in [-0.3, -0.25) is 4.79 Å². The van der Waals surface area contributed by atoms with Crippen molar-refractivity contribution in [2.75, 3.05) is 0 Å². The normalized spacial score (nSPS) is 12.8. The molecule has 0 saturated heterocycles. The van der Waals surface area contributed by atoms with Crippen molar-refractivity contribution in [1.29, 1.82) is 0 Å². The molecule has 0 spiro atoms. The number of hydrogen-bond donors (Lipinski definition) is 2. The van der Waals surface area contributed by atoms with Crippen LogP contribution in [0.2, 0.25) is 0 Å². The molecule has 110 valence electrons. The van der Waals surface area contributed by atoms with Crippen molar-refractivity contribution >= 4 is 31.9 Å². The van der Waals surface area contributed by atoms with E-state index in [1.54, 1.807) is 48.5 Å². The molecule has 2 aromatic carbocycles. The van der Waals surface area contributed by atoms with Gasteiger partial charge in [-0.2, -0.15) is 4.72 Å². The molecule has 0 heterocycles. The van der Waals surface area contributed by atoms with E-state index in [-0.39, 0.29) is 4.90 Å². The van der Waals surface area contributed by atoms with E-state index in [1.807, 2.05) is 0 Å². The molecule has 7 heteroatoms. The van der Waals surface area contributed by atoms with Gasteiger partial charge in [0.2, 0.25) is 15.9 Å². The van der Waals surface area contributed by atoms with Gasteiger partial charge in [-0.05, 0) is 33.6 Å². The minimum absolute atomic E-state index is 0.0483. The number of benzene rings is 2. The van der Waals surface area contributed by atoms with Crippen molar-refractivity contribution < 1.29 is 13.2 Å². The Balaban J connectivity index is 2.38. The van der Waals surface area contributed by atoms with Gasteiger partial charge in [0.15, 0.2) is 0 Å². The molecule has 2 aromatic rings. The number of primary amides is 1. The number of halogens is 1. The predicted octanol–water partition coefficient (Wildman–Crippen LogP) is 1.95. The fourth-order valence-corrected chi connectivity index (χ4v) is 4.01. The van der Waals surface area contributed by atoms with Gasteiger partial charge in [-0.25, -0.2) is 8.42 Å². The number of amides is 1. The molecule has 1 atom stereocenters. The molecule has 0 bridgehead atoms. The molecule has 0 unspecified atom stereocenters. The Morgan fingerprint density at radius 2 is 1.62 bits per heavy atom. The average Bonchev–Trinajstić information content (AvgIpc) is 2.46. The number of nitrogens with two attached hydrogens (primary N) is 1. The van der Waals surface area contributed by atoms with Crippen LogP contribution in [-0.2, 0) is 14.8 Å². The highest BCUT2D eigenvalue weighted by Crippen LogP contribution is 2.23. The van der Waals surface area contributed by atoms with Gasteiger partial charge in [0.1, 0.15) is 6.04 Å². The summed E-state index contributed by atoms with van der Waals surface area (Å²) in [6.07, 6.45) is 0. The van der Waals surface area contributed by atoms with Crippen molar-refractivity contribution in [3.05, 3.63) is 64.6 Å². The first-order valence-corrected chi connectivity index (χ1v) is 8.30. The summed E-state index contributed by atoms with van der Waals surface area (Å²) in [6.45, 7) is 0. The number of carbonyl (C=O) groups is 1. The van der Waals surface area contributed by atoms with Crippen molar-refractivity contribution in [2.24, 2.45) is 5.73 Å². The fraction of sp³-hybridized carbons (Fsp3) is 0.0714. The van der Waals surface area contributed by atoms with Crippen molar-refractivity contribution in [3.8, 4) is 0 Å². The van der Waals surface area contributed by atoms with Crippen LogP contribution >= 0.6 is 15.9 Å². The van der Waals surface area contributed by atoms with E-state index >= 15 is 0 Å². The van der Waals surface area contributed by atoms with Gasteiger partial charge in [-0.1, -0.05) is 42.5 Å². The third-order valence-electron chi connectivity index (χ3n) is 2.82. The average molecular weight is 369 g/mol. The maximum absolute atomic E-state index is 12.4. The largest absolute Gasteiger partial charge is 0.368 e. The molecule has 0 saturated carbocycles. The lowest BCUT2D eigenvalue weighted by Gasteiger charge is -2.16. The molecule has 0 aliphatic heterocycles. The molecule has 3 N–H and O–H groups in total. The van der Waals surface area contributed by atoms with E-state index in [1.165, 1.54) is 6.07 Å². The van der Waals surface area contributed by atoms with Gasteiger partial charge < -0.3 is 5.73 Å². The summed E-state index contributed by atoms with van der Waals surface area (Å²) >= 11 is 3.18. The second-order valence-electron chi connectivity index (χ2n) is 4.30. The van der Waals surface area contributed by atoms with Crippen molar-refractivity contribution in [1.82, 2.24) is 4.72 Å². The van der Waals surface area contributed by atoms with Gasteiger partial charge in [0.05, 0.1) is 4.90 Å². The van der Waals surface area contributed by atoms with Gasteiger partial charge in [0, 0.05) is 4.47 Å². The Labute approximate surface area is 131 Å². The Morgan fingerprint density at radius 1 is 1.05 bits per heavy atom. The van der Waals surface area contributed by atoms with E-state index in [0.29, 0.717) is 10.0 Å². The molecule has 0 fully saturated rings. The van der Waals surface area contributed by atoms with Crippen LogP contribution in [0.5, 0.6) is 0 Å². The third-order valence-corrected chi connectivity index (χ3v) is 5.25. The number of nitrogens with one attached hydrogen (secondary N) is 1. The first kappa shape index (κ1) is 15.7. The molecule has 0 aliphatic rings. The number of sulfonamides is 1. The molecule has 2 rings (SSSR count). The fourth-order valence-electron chi connectivity index (χ4n) is 1.82. The Hall–Kier alpha value is -1.70. The predicted molar refractivity (Wildman–Crippen MR) is 82.8 cm³/mol. The number of rotatable bonds is 5. The van der Waals surface area contributed by atoms with E-state index in [4.69, 9.17) is 5.73 Å². The van der Waals surface area contributed by atoms with Crippen LogP contribution in [0.25, 0.3) is 0 Å². The van der Waals surface area contributed by atoms with Crippen molar-refractivity contribution in [2.45, 2.75) is 10.9 Å². The van der Waals surface area contributed by atoms with Crippen LogP contribution in [0.15, 0.2) is 64.0 Å². The van der Waals surface area contributed by atoms with E-state index in [9.17, 15) is 13.2 Å². The Morgan fingerprint density at radius 3 is 2.19 bits per heavy atom. The van der Waals surface area contributed by atoms with Crippen LogP contribution in [0.1, 0.15) is 11.6 Å². The lowest BCUT2D eigenvalue weighted by Crippen LogP contribution is -2.37. The third kappa shape index (κ3) is 3.69. The van der Waals surface area contributed by atoms with E-state index in [2.05, 4.69) is 20.7 Å². The summed E-state index contributed by atoms with van der Waals surface area (Å²) in [5, 5.41) is 0. The maximum Gasteiger partial charge on any atom is 0.242 e. The van der Waals surface area contributed by atoms with Crippen LogP contribution in [0, 0.1) is 0 Å². The van der Waals surface area contributed by atoms with Crippen LogP contribution in [-0.4, -0.2) is 14.3 Å². The summed E-state index contributed by atoms with van der Waals surface area (Å²) < 4.78 is 27.5. The zero-order valence-electron chi connectivity index (χ0n) is 10.9. The highest BCUT2D eigenvalue weighted by Gasteiger charge is 2.26. The summed E-state index contributed by atoms with van der Waals surface area (Å²) in [5.41, 5.74) is 5.80. The molecular weight excluding hydrogens is 356 g/mol. The standard InChI is InChI=1S/C14H13BrN2O3S/c15-11-8-4-5-9-12(11)21(19,20)17-13(14(16)18)10-6-2-1-3-7-10/h1-9,13,17H,(H2,16,18)/t13-/m1/s1. The monoisotopic (exact) mass is 368 g/mol. The maximum atomic E-state index is 12.4. The first-order valence-electron chi connectivity index (χ1n) is 6.03. The topological polar surface area (TPSA) is 89.3 Å². The summed E-state index contributed by atoms with van der Waals surface area (Å²) in [6, 6.07) is 13.7. The van der Waals surface area contributed by atoms with Crippen LogP contribution in [0.3, 0.4) is 0 Å². The summed E-state index contributed by atoms with van der Waals surface area (Å²) in [4.78, 5) is 11.6. The highest BCUT2D eigenvalue weighted by molar-refractivity contribution is 9.10. The quantitative estimate of drug-likeness (QED) is 0.844.